The van der Waals surface area contributed by atoms with Crippen molar-refractivity contribution in [3.05, 3.63) is 69.7 Å². The summed E-state index contributed by atoms with van der Waals surface area (Å²) >= 11 is 11.4. The average molecular weight is 393 g/mol. The Hall–Kier alpha value is -2.04. The lowest BCUT2D eigenvalue weighted by atomic mass is 10.1. The molecule has 2 aliphatic rings. The van der Waals surface area contributed by atoms with E-state index in [1.165, 1.54) is 0 Å². The minimum atomic E-state index is -0.694. The Kier molecular flexibility index (Phi) is 5.54. The van der Waals surface area contributed by atoms with Gasteiger partial charge in [-0.05, 0) is 60.1 Å². The van der Waals surface area contributed by atoms with Crippen LogP contribution in [-0.4, -0.2) is 22.2 Å². The fraction of sp³-hybridized carbons (Fsp3) is 0.300. The molecule has 0 aliphatic heterocycles. The molecule has 0 heterocycles. The Balaban J connectivity index is 0.000000151. The number of carbonyl (C=O) groups is 2. The van der Waals surface area contributed by atoms with Crippen LogP contribution in [0.15, 0.2) is 48.5 Å². The first-order chi connectivity index (χ1) is 12.4. The molecule has 2 aromatic carbocycles. The van der Waals surface area contributed by atoms with Crippen LogP contribution in [0.4, 0.5) is 0 Å². The van der Waals surface area contributed by atoms with Crippen LogP contribution < -0.4 is 0 Å². The summed E-state index contributed by atoms with van der Waals surface area (Å²) in [6.07, 6.45) is 1.52. The van der Waals surface area contributed by atoms with Crippen LogP contribution in [0.3, 0.4) is 0 Å². The van der Waals surface area contributed by atoms with E-state index in [1.54, 1.807) is 24.3 Å². The number of aliphatic carboxylic acids is 2. The normalized spacial score (nSPS) is 25.6. The molecular formula is C20H18Cl2O4. The molecule has 2 aliphatic carbocycles. The van der Waals surface area contributed by atoms with Crippen LogP contribution in [0.2, 0.25) is 10.0 Å². The van der Waals surface area contributed by atoms with Gasteiger partial charge in [0.15, 0.2) is 0 Å². The fourth-order valence-electron chi connectivity index (χ4n) is 3.09. The number of carboxylic acid groups (broad SMARTS) is 2. The second-order valence-electron chi connectivity index (χ2n) is 6.68. The van der Waals surface area contributed by atoms with E-state index in [-0.39, 0.29) is 23.7 Å². The van der Waals surface area contributed by atoms with Crippen molar-refractivity contribution in [3.8, 4) is 0 Å². The Morgan fingerprint density at radius 1 is 0.692 bits per heavy atom. The number of carboxylic acids is 2. The second kappa shape index (κ2) is 7.68. The maximum Gasteiger partial charge on any atom is 0.307 e. The van der Waals surface area contributed by atoms with Gasteiger partial charge in [-0.25, -0.2) is 0 Å². The molecule has 4 rings (SSSR count). The molecule has 0 bridgehead atoms. The van der Waals surface area contributed by atoms with Crippen LogP contribution in [-0.2, 0) is 9.59 Å². The van der Waals surface area contributed by atoms with Gasteiger partial charge in [0.2, 0.25) is 0 Å². The summed E-state index contributed by atoms with van der Waals surface area (Å²) in [5.41, 5.74) is 2.16. The van der Waals surface area contributed by atoms with E-state index in [2.05, 4.69) is 0 Å². The van der Waals surface area contributed by atoms with Gasteiger partial charge in [0.1, 0.15) is 0 Å². The van der Waals surface area contributed by atoms with Crippen LogP contribution in [0, 0.1) is 11.8 Å². The van der Waals surface area contributed by atoms with Crippen molar-refractivity contribution in [2.45, 2.75) is 24.7 Å². The van der Waals surface area contributed by atoms with E-state index in [1.807, 2.05) is 24.3 Å². The molecule has 0 amide bonds. The Morgan fingerprint density at radius 2 is 1.00 bits per heavy atom. The largest absolute Gasteiger partial charge is 0.481 e. The van der Waals surface area contributed by atoms with Gasteiger partial charge < -0.3 is 10.2 Å². The zero-order chi connectivity index (χ0) is 18.8. The molecule has 0 spiro atoms. The highest BCUT2D eigenvalue weighted by molar-refractivity contribution is 6.30. The lowest BCUT2D eigenvalue weighted by Gasteiger charge is -1.97. The third-order valence-corrected chi connectivity index (χ3v) is 5.32. The van der Waals surface area contributed by atoms with Gasteiger partial charge in [-0.15, -0.1) is 0 Å². The van der Waals surface area contributed by atoms with Crippen molar-refractivity contribution in [1.29, 1.82) is 0 Å². The van der Waals surface area contributed by atoms with Gasteiger partial charge in [0.05, 0.1) is 11.8 Å². The molecule has 2 saturated carbocycles. The van der Waals surface area contributed by atoms with Crippen LogP contribution in [0.1, 0.15) is 35.8 Å². The highest BCUT2D eigenvalue weighted by atomic mass is 35.5. The minimum absolute atomic E-state index is 0.179. The average Bonchev–Trinajstić information content (AvgIpc) is 3.49. The molecular weight excluding hydrogens is 375 g/mol. The summed E-state index contributed by atoms with van der Waals surface area (Å²) in [5, 5.41) is 18.8. The summed E-state index contributed by atoms with van der Waals surface area (Å²) < 4.78 is 0. The van der Waals surface area contributed by atoms with Crippen molar-refractivity contribution in [3.63, 3.8) is 0 Å². The Morgan fingerprint density at radius 3 is 1.23 bits per heavy atom. The quantitative estimate of drug-likeness (QED) is 0.762. The van der Waals surface area contributed by atoms with Crippen molar-refractivity contribution in [2.75, 3.05) is 0 Å². The highest BCUT2D eigenvalue weighted by Gasteiger charge is 2.44. The number of hydrogen-bond acceptors (Lipinski definition) is 2. The molecule has 26 heavy (non-hydrogen) atoms. The van der Waals surface area contributed by atoms with Gasteiger partial charge in [-0.3, -0.25) is 9.59 Å². The van der Waals surface area contributed by atoms with E-state index in [0.29, 0.717) is 10.0 Å². The van der Waals surface area contributed by atoms with Crippen LogP contribution in [0.25, 0.3) is 0 Å². The predicted molar refractivity (Wildman–Crippen MR) is 99.9 cm³/mol. The topological polar surface area (TPSA) is 74.6 Å². The second-order valence-corrected chi connectivity index (χ2v) is 7.55. The molecule has 0 aromatic heterocycles. The maximum absolute atomic E-state index is 10.6. The van der Waals surface area contributed by atoms with E-state index in [4.69, 9.17) is 33.4 Å². The smallest absolute Gasteiger partial charge is 0.307 e. The first-order valence-electron chi connectivity index (χ1n) is 8.33. The van der Waals surface area contributed by atoms with Crippen LogP contribution >= 0.6 is 23.2 Å². The van der Waals surface area contributed by atoms with Crippen molar-refractivity contribution >= 4 is 35.1 Å². The zero-order valence-electron chi connectivity index (χ0n) is 13.8. The number of hydrogen-bond donors (Lipinski definition) is 2. The van der Waals surface area contributed by atoms with Gasteiger partial charge >= 0.3 is 11.9 Å². The number of benzene rings is 2. The highest BCUT2D eigenvalue weighted by Crippen LogP contribution is 2.48. The van der Waals surface area contributed by atoms with Gasteiger partial charge in [-0.1, -0.05) is 47.5 Å². The molecule has 2 aromatic rings. The number of rotatable bonds is 4. The van der Waals surface area contributed by atoms with Gasteiger partial charge in [0, 0.05) is 10.0 Å². The molecule has 4 nitrogen and oxygen atoms in total. The summed E-state index contributed by atoms with van der Waals surface area (Å²) in [6.45, 7) is 0. The predicted octanol–water partition coefficient (Wildman–Crippen LogP) is 5.06. The lowest BCUT2D eigenvalue weighted by Crippen LogP contribution is -1.98. The first-order valence-corrected chi connectivity index (χ1v) is 9.09. The monoisotopic (exact) mass is 392 g/mol. The molecule has 136 valence electrons. The van der Waals surface area contributed by atoms with Crippen molar-refractivity contribution in [2.24, 2.45) is 11.8 Å². The third-order valence-electron chi connectivity index (χ3n) is 4.81. The maximum atomic E-state index is 10.6. The zero-order valence-corrected chi connectivity index (χ0v) is 15.3. The number of halogens is 2. The molecule has 6 heteroatoms. The molecule has 2 fully saturated rings. The van der Waals surface area contributed by atoms with Crippen LogP contribution in [0.5, 0.6) is 0 Å². The van der Waals surface area contributed by atoms with Gasteiger partial charge in [0.25, 0.3) is 0 Å². The Bertz CT molecular complexity index is 732. The molecule has 0 saturated heterocycles. The SMILES string of the molecule is O=C(O)[C@@H]1C[C@H]1c1ccc(Cl)cc1.O=C(O)[C@H]1C[C@@H]1c1ccc(Cl)cc1. The van der Waals surface area contributed by atoms with Gasteiger partial charge in [-0.2, -0.15) is 0 Å². The molecule has 4 atom stereocenters. The lowest BCUT2D eigenvalue weighted by molar-refractivity contribution is -0.139. The molecule has 2 N–H and O–H groups in total. The first kappa shape index (κ1) is 18.7. The van der Waals surface area contributed by atoms with E-state index >= 15 is 0 Å². The Labute approximate surface area is 161 Å². The molecule has 0 unspecified atom stereocenters. The summed E-state index contributed by atoms with van der Waals surface area (Å²) in [4.78, 5) is 21.2. The van der Waals surface area contributed by atoms with E-state index in [9.17, 15) is 9.59 Å². The summed E-state index contributed by atoms with van der Waals surface area (Å²) in [5.74, 6) is -1.34. The van der Waals surface area contributed by atoms with E-state index < -0.39 is 11.9 Å². The summed E-state index contributed by atoms with van der Waals surface area (Å²) in [7, 11) is 0. The minimum Gasteiger partial charge on any atom is -0.481 e. The van der Waals surface area contributed by atoms with E-state index in [0.717, 1.165) is 24.0 Å². The fourth-order valence-corrected chi connectivity index (χ4v) is 3.34. The molecule has 0 radical (unpaired) electrons. The van der Waals surface area contributed by atoms with Crippen molar-refractivity contribution < 1.29 is 19.8 Å². The van der Waals surface area contributed by atoms with Crippen molar-refractivity contribution in [1.82, 2.24) is 0 Å². The third kappa shape index (κ3) is 4.57. The summed E-state index contributed by atoms with van der Waals surface area (Å²) in [6, 6.07) is 14.8. The standard InChI is InChI=1S/2C10H9ClO2/c2*11-7-3-1-6(2-4-7)8-5-9(8)10(12)13/h2*1-4,8-9H,5H2,(H,12,13)/t2*8-,9+/m10/s1.